The van der Waals surface area contributed by atoms with E-state index in [1.54, 1.807) is 0 Å². The zero-order valence-electron chi connectivity index (χ0n) is 18.8. The molecule has 1 amide bonds. The Hall–Kier alpha value is -2.19. The van der Waals surface area contributed by atoms with Crippen LogP contribution < -0.4 is 16.8 Å². The van der Waals surface area contributed by atoms with Gasteiger partial charge in [-0.2, -0.15) is 0 Å². The predicted molar refractivity (Wildman–Crippen MR) is 118 cm³/mol. The predicted octanol–water partition coefficient (Wildman–Crippen LogP) is 3.70. The molecule has 7 nitrogen and oxygen atoms in total. The third-order valence-electron chi connectivity index (χ3n) is 5.20. The van der Waals surface area contributed by atoms with Crippen LogP contribution in [0.4, 0.5) is 16.2 Å². The molecule has 1 aromatic rings. The van der Waals surface area contributed by atoms with Crippen LogP contribution in [-0.2, 0) is 14.0 Å². The minimum atomic E-state index is -0.617. The average molecular weight is 403 g/mol. The monoisotopic (exact) mass is 403 g/mol. The first-order valence-electron chi connectivity index (χ1n) is 9.80. The van der Waals surface area contributed by atoms with Gasteiger partial charge in [0.2, 0.25) is 0 Å². The van der Waals surface area contributed by atoms with E-state index >= 15 is 0 Å². The van der Waals surface area contributed by atoms with Crippen molar-refractivity contribution in [3.8, 4) is 0 Å². The zero-order chi connectivity index (χ0) is 22.2. The molecule has 1 aromatic carbocycles. The van der Waals surface area contributed by atoms with Gasteiger partial charge in [-0.3, -0.25) is 0 Å². The summed E-state index contributed by atoms with van der Waals surface area (Å²) in [5.41, 5.74) is 13.9. The summed E-state index contributed by atoms with van der Waals surface area (Å²) in [5.74, 6) is 0. The number of rotatable bonds is 4. The second kappa shape index (κ2) is 7.92. The first-order valence-corrected chi connectivity index (χ1v) is 9.80. The standard InChI is InChI=1S/C21H34BN3O4/c1-13-9-16(23)17(24)11-14(13)10-15(12-25-18(26)27-19(2,3)4)22-28-20(5,6)21(7,8)29-22/h9-11H,12,23-24H2,1-8H3,(H,25,26). The lowest BCUT2D eigenvalue weighted by Crippen LogP contribution is -2.41. The lowest BCUT2D eigenvalue weighted by Gasteiger charge is -2.32. The Morgan fingerprint density at radius 1 is 1.14 bits per heavy atom. The van der Waals surface area contributed by atoms with Crippen molar-refractivity contribution in [1.29, 1.82) is 0 Å². The fraction of sp³-hybridized carbons (Fsp3) is 0.571. The molecule has 0 saturated carbocycles. The molecule has 2 rings (SSSR count). The lowest BCUT2D eigenvalue weighted by molar-refractivity contribution is 0.00578. The topological polar surface area (TPSA) is 109 Å². The Bertz CT molecular complexity index is 797. The van der Waals surface area contributed by atoms with Gasteiger partial charge < -0.3 is 30.8 Å². The summed E-state index contributed by atoms with van der Waals surface area (Å²) < 4.78 is 17.7. The molecule has 0 atom stereocenters. The van der Waals surface area contributed by atoms with E-state index in [9.17, 15) is 4.79 Å². The molecule has 1 saturated heterocycles. The molecule has 0 spiro atoms. The summed E-state index contributed by atoms with van der Waals surface area (Å²) in [6, 6.07) is 3.63. The first-order chi connectivity index (χ1) is 13.1. The van der Waals surface area contributed by atoms with E-state index in [1.807, 2.05) is 73.6 Å². The van der Waals surface area contributed by atoms with Crippen molar-refractivity contribution in [2.45, 2.75) is 72.2 Å². The number of amides is 1. The normalized spacial score (nSPS) is 18.6. The largest absolute Gasteiger partial charge is 0.492 e. The second-order valence-corrected chi connectivity index (χ2v) is 9.50. The number of anilines is 2. The van der Waals surface area contributed by atoms with E-state index in [-0.39, 0.29) is 6.54 Å². The third kappa shape index (κ3) is 5.67. The third-order valence-corrected chi connectivity index (χ3v) is 5.20. The summed E-state index contributed by atoms with van der Waals surface area (Å²) in [5, 5.41) is 2.79. The number of nitrogens with one attached hydrogen (secondary N) is 1. The number of carbonyl (C=O) groups excluding carboxylic acids is 1. The number of aryl methyl sites for hydroxylation is 1. The van der Waals surface area contributed by atoms with Gasteiger partial charge in [-0.15, -0.1) is 0 Å². The summed E-state index contributed by atoms with van der Waals surface area (Å²) in [6.45, 7) is 15.5. The number of nitrogens with two attached hydrogens (primary N) is 2. The maximum Gasteiger partial charge on any atom is 0.492 e. The number of hydrogen-bond donors (Lipinski definition) is 3. The van der Waals surface area contributed by atoms with Crippen LogP contribution in [0.2, 0.25) is 0 Å². The summed E-state index contributed by atoms with van der Waals surface area (Å²) >= 11 is 0. The van der Waals surface area contributed by atoms with Gasteiger partial charge in [-0.1, -0.05) is 6.08 Å². The number of nitrogen functional groups attached to an aromatic ring is 2. The molecule has 1 heterocycles. The van der Waals surface area contributed by atoms with Gasteiger partial charge in [0.05, 0.1) is 22.6 Å². The fourth-order valence-corrected chi connectivity index (χ4v) is 2.81. The van der Waals surface area contributed by atoms with Gasteiger partial charge in [-0.25, -0.2) is 4.79 Å². The van der Waals surface area contributed by atoms with E-state index in [2.05, 4.69) is 5.32 Å². The lowest BCUT2D eigenvalue weighted by atomic mass is 9.76. The Balaban J connectivity index is 2.34. The minimum absolute atomic E-state index is 0.204. The number of carbonyl (C=O) groups is 1. The van der Waals surface area contributed by atoms with E-state index in [0.717, 1.165) is 16.6 Å². The Labute approximate surface area is 174 Å². The van der Waals surface area contributed by atoms with Crippen LogP contribution in [0.25, 0.3) is 6.08 Å². The highest BCUT2D eigenvalue weighted by Gasteiger charge is 2.52. The van der Waals surface area contributed by atoms with Crippen molar-refractivity contribution in [2.75, 3.05) is 18.0 Å². The summed E-state index contributed by atoms with van der Waals surface area (Å²) in [4.78, 5) is 12.2. The van der Waals surface area contributed by atoms with E-state index in [1.165, 1.54) is 0 Å². The van der Waals surface area contributed by atoms with Crippen molar-refractivity contribution in [1.82, 2.24) is 5.32 Å². The summed E-state index contributed by atoms with van der Waals surface area (Å²) in [6.07, 6.45) is 1.42. The maximum absolute atomic E-state index is 12.2. The number of ether oxygens (including phenoxy) is 1. The molecular weight excluding hydrogens is 369 g/mol. The molecule has 0 radical (unpaired) electrons. The van der Waals surface area contributed by atoms with Gasteiger partial charge in [0.15, 0.2) is 0 Å². The quantitative estimate of drug-likeness (QED) is 0.523. The fourth-order valence-electron chi connectivity index (χ4n) is 2.81. The molecule has 0 aromatic heterocycles. The van der Waals surface area contributed by atoms with Crippen LogP contribution >= 0.6 is 0 Å². The number of benzene rings is 1. The number of alkyl carbamates (subject to hydrolysis) is 1. The van der Waals surface area contributed by atoms with Crippen molar-refractivity contribution < 1.29 is 18.8 Å². The SMILES string of the molecule is Cc1cc(N)c(N)cc1C=C(CNC(=O)OC(C)(C)C)B1OC(C)(C)C(C)(C)O1. The molecule has 1 fully saturated rings. The van der Waals surface area contributed by atoms with Gasteiger partial charge in [0, 0.05) is 6.54 Å². The second-order valence-electron chi connectivity index (χ2n) is 9.50. The van der Waals surface area contributed by atoms with Gasteiger partial charge in [0.1, 0.15) is 5.60 Å². The molecule has 5 N–H and O–H groups in total. The molecule has 8 heteroatoms. The average Bonchev–Trinajstić information content (AvgIpc) is 2.74. The Morgan fingerprint density at radius 3 is 2.17 bits per heavy atom. The van der Waals surface area contributed by atoms with E-state index in [0.29, 0.717) is 11.4 Å². The van der Waals surface area contributed by atoms with Gasteiger partial charge >= 0.3 is 13.2 Å². The van der Waals surface area contributed by atoms with Crippen molar-refractivity contribution in [3.05, 3.63) is 28.7 Å². The Kier molecular flexibility index (Phi) is 6.30. The molecular formula is C21H34BN3O4. The molecule has 1 aliphatic rings. The molecule has 29 heavy (non-hydrogen) atoms. The smallest absolute Gasteiger partial charge is 0.444 e. The molecule has 1 aliphatic heterocycles. The first kappa shape index (κ1) is 23.1. The van der Waals surface area contributed by atoms with Crippen molar-refractivity contribution >= 4 is 30.7 Å². The Morgan fingerprint density at radius 2 is 1.66 bits per heavy atom. The highest BCUT2D eigenvalue weighted by atomic mass is 16.7. The van der Waals surface area contributed by atoms with E-state index < -0.39 is 30.0 Å². The van der Waals surface area contributed by atoms with Gasteiger partial charge in [-0.05, 0) is 84.1 Å². The van der Waals surface area contributed by atoms with Crippen LogP contribution in [0.3, 0.4) is 0 Å². The molecule has 0 unspecified atom stereocenters. The maximum atomic E-state index is 12.2. The van der Waals surface area contributed by atoms with E-state index in [4.69, 9.17) is 25.5 Å². The highest BCUT2D eigenvalue weighted by molar-refractivity contribution is 6.56. The van der Waals surface area contributed by atoms with Crippen molar-refractivity contribution in [3.63, 3.8) is 0 Å². The van der Waals surface area contributed by atoms with Crippen LogP contribution in [0.15, 0.2) is 17.6 Å². The molecule has 160 valence electrons. The zero-order valence-corrected chi connectivity index (χ0v) is 18.8. The molecule has 0 aliphatic carbocycles. The summed E-state index contributed by atoms with van der Waals surface area (Å²) in [7, 11) is -0.617. The van der Waals surface area contributed by atoms with Gasteiger partial charge in [0.25, 0.3) is 0 Å². The van der Waals surface area contributed by atoms with Crippen LogP contribution in [0.1, 0.15) is 59.6 Å². The van der Waals surface area contributed by atoms with Crippen LogP contribution in [-0.4, -0.2) is 36.6 Å². The number of hydrogen-bond acceptors (Lipinski definition) is 6. The van der Waals surface area contributed by atoms with Crippen LogP contribution in [0.5, 0.6) is 0 Å². The highest BCUT2D eigenvalue weighted by Crippen LogP contribution is 2.39. The minimum Gasteiger partial charge on any atom is -0.444 e. The molecule has 0 bridgehead atoms. The van der Waals surface area contributed by atoms with Crippen LogP contribution in [0, 0.1) is 6.92 Å². The van der Waals surface area contributed by atoms with Crippen molar-refractivity contribution in [2.24, 2.45) is 0 Å².